The predicted octanol–water partition coefficient (Wildman–Crippen LogP) is -0.0242. The Bertz CT molecular complexity index is 648. The zero-order valence-corrected chi connectivity index (χ0v) is 18.9. The van der Waals surface area contributed by atoms with Crippen molar-refractivity contribution in [3.8, 4) is 0 Å². The molecule has 5 rings (SSSR count). The summed E-state index contributed by atoms with van der Waals surface area (Å²) in [6.45, 7) is 10.8. The van der Waals surface area contributed by atoms with E-state index in [1.165, 1.54) is 0 Å². The molecule has 5 atom stereocenters. The van der Waals surface area contributed by atoms with Gasteiger partial charge in [-0.1, -0.05) is 0 Å². The first-order valence-corrected chi connectivity index (χ1v) is 11.9. The number of hydrazine groups is 1. The van der Waals surface area contributed by atoms with E-state index >= 15 is 0 Å². The van der Waals surface area contributed by atoms with Gasteiger partial charge in [0.1, 0.15) is 11.8 Å². The van der Waals surface area contributed by atoms with Crippen LogP contribution in [0.3, 0.4) is 0 Å². The lowest BCUT2D eigenvalue weighted by Crippen LogP contribution is -2.60. The number of piperidine rings is 2. The van der Waals surface area contributed by atoms with Crippen molar-refractivity contribution in [2.45, 2.75) is 76.2 Å². The van der Waals surface area contributed by atoms with E-state index in [-0.39, 0.29) is 18.5 Å². The molecule has 0 saturated carbocycles. The van der Waals surface area contributed by atoms with E-state index in [0.29, 0.717) is 30.0 Å². The second kappa shape index (κ2) is 8.74. The largest absolute Gasteiger partial charge is 0.444 e. The van der Waals surface area contributed by atoms with E-state index in [9.17, 15) is 4.79 Å². The Labute approximate surface area is 184 Å². The van der Waals surface area contributed by atoms with Crippen molar-refractivity contribution in [3.63, 3.8) is 0 Å². The van der Waals surface area contributed by atoms with Gasteiger partial charge < -0.3 is 19.7 Å². The summed E-state index contributed by atoms with van der Waals surface area (Å²) in [6.07, 6.45) is 2.90. The number of nitrogens with zero attached hydrogens (tertiary/aromatic N) is 2. The second-order valence-electron chi connectivity index (χ2n) is 10.6. The van der Waals surface area contributed by atoms with Gasteiger partial charge in [0, 0.05) is 44.2 Å². The Morgan fingerprint density at radius 3 is 2.55 bits per heavy atom. The summed E-state index contributed by atoms with van der Waals surface area (Å²) in [5.41, 5.74) is 6.37. The number of hydrogen-bond acceptors (Lipinski definition) is 9. The molecule has 10 nitrogen and oxygen atoms in total. The van der Waals surface area contributed by atoms with Gasteiger partial charge in [-0.05, 0) is 46.0 Å². The lowest BCUT2D eigenvalue weighted by Gasteiger charge is -2.42. The number of carbonyl (C=O) groups is 1. The third-order valence-electron chi connectivity index (χ3n) is 7.27. The van der Waals surface area contributed by atoms with Crippen molar-refractivity contribution in [1.29, 1.82) is 0 Å². The molecule has 31 heavy (non-hydrogen) atoms. The highest BCUT2D eigenvalue weighted by atomic mass is 16.7. The fourth-order valence-corrected chi connectivity index (χ4v) is 5.45. The summed E-state index contributed by atoms with van der Waals surface area (Å²) in [7, 11) is 0. The van der Waals surface area contributed by atoms with E-state index in [1.807, 2.05) is 25.7 Å². The van der Waals surface area contributed by atoms with Gasteiger partial charge in [-0.3, -0.25) is 15.6 Å². The summed E-state index contributed by atoms with van der Waals surface area (Å²) in [4.78, 5) is 20.2. The summed E-state index contributed by atoms with van der Waals surface area (Å²) < 4.78 is 10.9. The topological polar surface area (TPSA) is 99.4 Å². The summed E-state index contributed by atoms with van der Waals surface area (Å²) in [5.74, 6) is 0.841. The van der Waals surface area contributed by atoms with Crippen LogP contribution in [0.1, 0.15) is 40.0 Å². The van der Waals surface area contributed by atoms with Crippen LogP contribution >= 0.6 is 0 Å². The SMILES string of the molecule is CC(C)(C)OC(=O)N1CCC(C2NOC(C3CNC4CNN(C5COC5)C4C3)N2)CC1. The highest BCUT2D eigenvalue weighted by Crippen LogP contribution is 2.31. The molecule has 5 heterocycles. The first kappa shape index (κ1) is 21.8. The van der Waals surface area contributed by atoms with E-state index in [1.54, 1.807) is 0 Å². The van der Waals surface area contributed by atoms with Gasteiger partial charge in [0.05, 0.1) is 25.4 Å². The second-order valence-corrected chi connectivity index (χ2v) is 10.6. The van der Waals surface area contributed by atoms with Crippen LogP contribution in [0.15, 0.2) is 0 Å². The Balaban J connectivity index is 1.10. The lowest BCUT2D eigenvalue weighted by atomic mass is 9.88. The number of ether oxygens (including phenoxy) is 2. The van der Waals surface area contributed by atoms with E-state index < -0.39 is 5.60 Å². The molecule has 0 aromatic rings. The zero-order valence-electron chi connectivity index (χ0n) is 18.9. The highest BCUT2D eigenvalue weighted by Gasteiger charge is 2.47. The number of amides is 1. The minimum Gasteiger partial charge on any atom is -0.444 e. The van der Waals surface area contributed by atoms with Crippen LogP contribution in [0.4, 0.5) is 4.79 Å². The number of carbonyl (C=O) groups excluding carboxylic acids is 1. The molecule has 5 aliphatic rings. The molecule has 0 aliphatic carbocycles. The van der Waals surface area contributed by atoms with Crippen molar-refractivity contribution >= 4 is 6.09 Å². The average molecular weight is 439 g/mol. The Morgan fingerprint density at radius 1 is 1.10 bits per heavy atom. The molecule has 0 bridgehead atoms. The van der Waals surface area contributed by atoms with Gasteiger partial charge in [-0.15, -0.1) is 0 Å². The summed E-state index contributed by atoms with van der Waals surface area (Å²) in [6, 6.07) is 1.47. The molecule has 5 fully saturated rings. The maximum Gasteiger partial charge on any atom is 0.410 e. The maximum absolute atomic E-state index is 12.3. The molecule has 176 valence electrons. The van der Waals surface area contributed by atoms with Crippen LogP contribution in [0.25, 0.3) is 0 Å². The minimum atomic E-state index is -0.452. The first-order chi connectivity index (χ1) is 14.9. The number of rotatable bonds is 3. The highest BCUT2D eigenvalue weighted by molar-refractivity contribution is 5.68. The summed E-state index contributed by atoms with van der Waals surface area (Å²) in [5, 5.41) is 9.83. The minimum absolute atomic E-state index is 0.00225. The quantitative estimate of drug-likeness (QED) is 0.484. The molecule has 0 aromatic heterocycles. The number of hydroxylamine groups is 1. The van der Waals surface area contributed by atoms with Crippen molar-refractivity contribution in [3.05, 3.63) is 0 Å². The van der Waals surface area contributed by atoms with Crippen LogP contribution in [-0.2, 0) is 14.3 Å². The average Bonchev–Trinajstić information content (AvgIpc) is 3.33. The van der Waals surface area contributed by atoms with E-state index in [2.05, 4.69) is 26.5 Å². The standard InChI is InChI=1S/C21H38N6O4/c1-21(2,3)30-20(28)26-6-4-13(5-7-26)18-24-19(31-25-18)14-8-17-16(22-9-14)10-23-27(17)15-11-29-12-15/h13-19,22-25H,4-12H2,1-3H3. The summed E-state index contributed by atoms with van der Waals surface area (Å²) >= 11 is 0. The van der Waals surface area contributed by atoms with Crippen molar-refractivity contribution < 1.29 is 19.1 Å². The molecular formula is C21H38N6O4. The van der Waals surface area contributed by atoms with E-state index in [0.717, 1.165) is 58.7 Å². The van der Waals surface area contributed by atoms with Gasteiger partial charge in [-0.2, -0.15) is 5.48 Å². The molecule has 10 heteroatoms. The van der Waals surface area contributed by atoms with Crippen molar-refractivity contribution in [1.82, 2.24) is 31.4 Å². The third kappa shape index (κ3) is 4.71. The van der Waals surface area contributed by atoms with E-state index in [4.69, 9.17) is 14.3 Å². The van der Waals surface area contributed by atoms with Crippen LogP contribution in [0, 0.1) is 11.8 Å². The fraction of sp³-hybridized carbons (Fsp3) is 0.952. The Kier molecular flexibility index (Phi) is 6.15. The van der Waals surface area contributed by atoms with Crippen molar-refractivity contribution in [2.75, 3.05) is 39.4 Å². The maximum atomic E-state index is 12.3. The number of nitrogens with one attached hydrogen (secondary N) is 4. The predicted molar refractivity (Wildman–Crippen MR) is 114 cm³/mol. The van der Waals surface area contributed by atoms with Crippen LogP contribution in [0.5, 0.6) is 0 Å². The van der Waals surface area contributed by atoms with Gasteiger partial charge in [-0.25, -0.2) is 9.80 Å². The molecular weight excluding hydrogens is 400 g/mol. The fourth-order valence-electron chi connectivity index (χ4n) is 5.45. The lowest BCUT2D eigenvalue weighted by molar-refractivity contribution is -0.0974. The van der Waals surface area contributed by atoms with Crippen molar-refractivity contribution in [2.24, 2.45) is 11.8 Å². The number of hydrogen-bond donors (Lipinski definition) is 4. The molecule has 0 aromatic carbocycles. The molecule has 4 N–H and O–H groups in total. The first-order valence-electron chi connectivity index (χ1n) is 11.9. The Morgan fingerprint density at radius 2 is 1.87 bits per heavy atom. The monoisotopic (exact) mass is 438 g/mol. The molecule has 5 aliphatic heterocycles. The van der Waals surface area contributed by atoms with Gasteiger partial charge in [0.2, 0.25) is 0 Å². The molecule has 5 unspecified atom stereocenters. The van der Waals surface area contributed by atoms with Crippen LogP contribution in [0.2, 0.25) is 0 Å². The van der Waals surface area contributed by atoms with Gasteiger partial charge >= 0.3 is 6.09 Å². The van der Waals surface area contributed by atoms with Crippen LogP contribution < -0.4 is 21.5 Å². The molecule has 1 amide bonds. The van der Waals surface area contributed by atoms with Gasteiger partial charge in [0.25, 0.3) is 0 Å². The molecule has 0 radical (unpaired) electrons. The molecule has 0 spiro atoms. The van der Waals surface area contributed by atoms with Gasteiger partial charge in [0.15, 0.2) is 0 Å². The normalized spacial score (nSPS) is 38.2. The number of fused-ring (bicyclic) bond motifs is 1. The zero-order chi connectivity index (χ0) is 21.6. The smallest absolute Gasteiger partial charge is 0.410 e. The Hall–Kier alpha value is -1.01. The van der Waals surface area contributed by atoms with Crippen LogP contribution in [-0.4, -0.2) is 91.5 Å². The third-order valence-corrected chi connectivity index (χ3v) is 7.27. The molecule has 5 saturated heterocycles. The number of likely N-dealkylation sites (tertiary alicyclic amines) is 1.